The second kappa shape index (κ2) is 5.58. The van der Waals surface area contributed by atoms with E-state index < -0.39 is 0 Å². The van der Waals surface area contributed by atoms with Gasteiger partial charge in [0.15, 0.2) is 10.9 Å². The summed E-state index contributed by atoms with van der Waals surface area (Å²) in [5.74, 6) is 1.11. The number of hydrogen-bond donors (Lipinski definition) is 0. The number of nitrogens with zero attached hydrogens (tertiary/aromatic N) is 4. The first kappa shape index (κ1) is 13.1. The molecule has 0 amide bonds. The Balaban J connectivity index is 1.65. The summed E-state index contributed by atoms with van der Waals surface area (Å²) in [5, 5.41) is 0.941. The number of rotatable bonds is 3. The Hall–Kier alpha value is -1.95. The van der Waals surface area contributed by atoms with Gasteiger partial charge in [-0.2, -0.15) is 0 Å². The van der Waals surface area contributed by atoms with Crippen molar-refractivity contribution in [1.29, 1.82) is 0 Å². The maximum absolute atomic E-state index is 11.3. The number of ketones is 1. The standard InChI is InChI=1S/C14H16N4OS/c1-11(19)12-10-16-14(20-12)18-8-6-17(7-9-18)13-4-2-3-5-15-13/h2-5,10H,6-9H2,1H3. The van der Waals surface area contributed by atoms with Crippen LogP contribution in [0.4, 0.5) is 10.9 Å². The van der Waals surface area contributed by atoms with Crippen LogP contribution in [0, 0.1) is 0 Å². The topological polar surface area (TPSA) is 49.3 Å². The highest BCUT2D eigenvalue weighted by molar-refractivity contribution is 7.17. The summed E-state index contributed by atoms with van der Waals surface area (Å²) < 4.78 is 0. The normalized spacial score (nSPS) is 15.4. The maximum atomic E-state index is 11.3. The highest BCUT2D eigenvalue weighted by Crippen LogP contribution is 2.24. The second-order valence-corrected chi connectivity index (χ2v) is 5.73. The molecule has 0 unspecified atom stereocenters. The number of carbonyl (C=O) groups excluding carboxylic acids is 1. The van der Waals surface area contributed by atoms with Crippen molar-refractivity contribution < 1.29 is 4.79 Å². The van der Waals surface area contributed by atoms with Crippen LogP contribution in [0.5, 0.6) is 0 Å². The summed E-state index contributed by atoms with van der Waals surface area (Å²) in [7, 11) is 0. The Morgan fingerprint density at radius 2 is 1.90 bits per heavy atom. The van der Waals surface area contributed by atoms with Gasteiger partial charge in [-0.1, -0.05) is 17.4 Å². The van der Waals surface area contributed by atoms with Gasteiger partial charge >= 0.3 is 0 Å². The first-order valence-corrected chi connectivity index (χ1v) is 7.43. The van der Waals surface area contributed by atoms with Crippen molar-refractivity contribution in [3.05, 3.63) is 35.5 Å². The van der Waals surface area contributed by atoms with E-state index in [0.717, 1.165) is 42.0 Å². The van der Waals surface area contributed by atoms with Crippen molar-refractivity contribution in [2.45, 2.75) is 6.92 Å². The van der Waals surface area contributed by atoms with Crippen molar-refractivity contribution in [1.82, 2.24) is 9.97 Å². The van der Waals surface area contributed by atoms with Crippen LogP contribution in [0.1, 0.15) is 16.6 Å². The van der Waals surface area contributed by atoms with Crippen molar-refractivity contribution in [3.8, 4) is 0 Å². The third kappa shape index (κ3) is 2.65. The fourth-order valence-corrected chi connectivity index (χ4v) is 3.10. The van der Waals surface area contributed by atoms with Gasteiger partial charge in [0.2, 0.25) is 0 Å². The number of Topliss-reactive ketones (excluding diaryl/α,β-unsaturated/α-hetero) is 1. The first-order chi connectivity index (χ1) is 9.74. The van der Waals surface area contributed by atoms with E-state index in [1.54, 1.807) is 13.1 Å². The molecule has 2 aromatic rings. The molecule has 0 radical (unpaired) electrons. The number of piperazine rings is 1. The van der Waals surface area contributed by atoms with Crippen LogP contribution < -0.4 is 9.80 Å². The van der Waals surface area contributed by atoms with E-state index in [2.05, 4.69) is 19.8 Å². The Morgan fingerprint density at radius 1 is 1.15 bits per heavy atom. The molecule has 104 valence electrons. The molecule has 6 heteroatoms. The zero-order valence-electron chi connectivity index (χ0n) is 11.3. The molecule has 0 atom stereocenters. The molecule has 1 saturated heterocycles. The van der Waals surface area contributed by atoms with Crippen LogP contribution in [-0.4, -0.2) is 41.9 Å². The lowest BCUT2D eigenvalue weighted by atomic mass is 10.3. The number of carbonyl (C=O) groups is 1. The van der Waals surface area contributed by atoms with E-state index in [4.69, 9.17) is 0 Å². The third-order valence-electron chi connectivity index (χ3n) is 3.36. The minimum absolute atomic E-state index is 0.0841. The summed E-state index contributed by atoms with van der Waals surface area (Å²) in [4.78, 5) is 25.3. The Kier molecular flexibility index (Phi) is 3.64. The quantitative estimate of drug-likeness (QED) is 0.809. The monoisotopic (exact) mass is 288 g/mol. The lowest BCUT2D eigenvalue weighted by Gasteiger charge is -2.35. The number of anilines is 2. The molecular formula is C14H16N4OS. The minimum Gasteiger partial charge on any atom is -0.353 e. The molecule has 1 aliphatic heterocycles. The average molecular weight is 288 g/mol. The molecule has 2 aromatic heterocycles. The summed E-state index contributed by atoms with van der Waals surface area (Å²) in [5.41, 5.74) is 0. The van der Waals surface area contributed by atoms with Crippen LogP contribution >= 0.6 is 11.3 Å². The molecule has 1 fully saturated rings. The van der Waals surface area contributed by atoms with Gasteiger partial charge in [-0.15, -0.1) is 0 Å². The molecule has 20 heavy (non-hydrogen) atoms. The molecule has 1 aliphatic rings. The molecule has 3 heterocycles. The van der Waals surface area contributed by atoms with Crippen LogP contribution in [0.3, 0.4) is 0 Å². The predicted octanol–water partition coefficient (Wildman–Crippen LogP) is 2.07. The highest BCUT2D eigenvalue weighted by atomic mass is 32.1. The Morgan fingerprint density at radius 3 is 2.50 bits per heavy atom. The molecule has 0 N–H and O–H groups in total. The minimum atomic E-state index is 0.0841. The molecule has 0 bridgehead atoms. The molecule has 0 aromatic carbocycles. The molecule has 5 nitrogen and oxygen atoms in total. The van der Waals surface area contributed by atoms with Crippen LogP contribution in [-0.2, 0) is 0 Å². The van der Waals surface area contributed by atoms with Crippen LogP contribution in [0.25, 0.3) is 0 Å². The van der Waals surface area contributed by atoms with Crippen LogP contribution in [0.15, 0.2) is 30.6 Å². The summed E-state index contributed by atoms with van der Waals surface area (Å²) in [6.45, 7) is 5.23. The van der Waals surface area contributed by atoms with E-state index in [1.165, 1.54) is 11.3 Å². The predicted molar refractivity (Wildman–Crippen MR) is 80.8 cm³/mol. The van der Waals surface area contributed by atoms with Gasteiger partial charge in [0, 0.05) is 39.3 Å². The van der Waals surface area contributed by atoms with Gasteiger partial charge in [0.1, 0.15) is 5.82 Å². The lowest BCUT2D eigenvalue weighted by molar-refractivity contribution is 0.102. The second-order valence-electron chi connectivity index (χ2n) is 4.73. The summed E-state index contributed by atoms with van der Waals surface area (Å²) in [6.07, 6.45) is 3.50. The number of thiazole rings is 1. The number of pyridine rings is 1. The number of hydrogen-bond acceptors (Lipinski definition) is 6. The smallest absolute Gasteiger partial charge is 0.186 e. The zero-order chi connectivity index (χ0) is 13.9. The van der Waals surface area contributed by atoms with Crippen molar-refractivity contribution >= 4 is 28.1 Å². The molecule has 0 aliphatic carbocycles. The maximum Gasteiger partial charge on any atom is 0.186 e. The molecule has 3 rings (SSSR count). The van der Waals surface area contributed by atoms with Crippen LogP contribution in [0.2, 0.25) is 0 Å². The van der Waals surface area contributed by atoms with Crippen molar-refractivity contribution in [3.63, 3.8) is 0 Å². The van der Waals surface area contributed by atoms with Crippen molar-refractivity contribution in [2.75, 3.05) is 36.0 Å². The Bertz CT molecular complexity index is 590. The fraction of sp³-hybridized carbons (Fsp3) is 0.357. The van der Waals surface area contributed by atoms with Gasteiger partial charge in [-0.25, -0.2) is 9.97 Å². The highest BCUT2D eigenvalue weighted by Gasteiger charge is 2.20. The lowest BCUT2D eigenvalue weighted by Crippen LogP contribution is -2.46. The third-order valence-corrected chi connectivity index (χ3v) is 4.52. The fourth-order valence-electron chi connectivity index (χ4n) is 2.24. The van der Waals surface area contributed by atoms with E-state index in [-0.39, 0.29) is 5.78 Å². The Labute approximate surface area is 121 Å². The first-order valence-electron chi connectivity index (χ1n) is 6.62. The van der Waals surface area contributed by atoms with Gasteiger partial charge in [-0.3, -0.25) is 4.79 Å². The molecule has 0 spiro atoms. The largest absolute Gasteiger partial charge is 0.353 e. The number of aromatic nitrogens is 2. The van der Waals surface area contributed by atoms with Crippen molar-refractivity contribution in [2.24, 2.45) is 0 Å². The summed E-state index contributed by atoms with van der Waals surface area (Å²) in [6, 6.07) is 5.97. The SMILES string of the molecule is CC(=O)c1cnc(N2CCN(c3ccccn3)CC2)s1. The average Bonchev–Trinajstić information content (AvgIpc) is 2.98. The summed E-state index contributed by atoms with van der Waals surface area (Å²) >= 11 is 1.48. The molecular weight excluding hydrogens is 272 g/mol. The van der Waals surface area contributed by atoms with E-state index in [9.17, 15) is 4.79 Å². The van der Waals surface area contributed by atoms with E-state index in [0.29, 0.717) is 0 Å². The molecule has 0 saturated carbocycles. The zero-order valence-corrected chi connectivity index (χ0v) is 12.1. The van der Waals surface area contributed by atoms with Gasteiger partial charge < -0.3 is 9.80 Å². The van der Waals surface area contributed by atoms with Gasteiger partial charge in [-0.05, 0) is 12.1 Å². The van der Waals surface area contributed by atoms with E-state index in [1.807, 2.05) is 24.4 Å². The van der Waals surface area contributed by atoms with Gasteiger partial charge in [0.05, 0.1) is 11.1 Å². The van der Waals surface area contributed by atoms with Gasteiger partial charge in [0.25, 0.3) is 0 Å². The van der Waals surface area contributed by atoms with E-state index >= 15 is 0 Å².